The van der Waals surface area contributed by atoms with Gasteiger partial charge in [-0.25, -0.2) is 8.42 Å². The summed E-state index contributed by atoms with van der Waals surface area (Å²) in [6.45, 7) is 0.984. The fraction of sp³-hybridized carbons (Fsp3) is 0.333. The number of nitrogens with one attached hydrogen (secondary N) is 2. The van der Waals surface area contributed by atoms with Gasteiger partial charge in [0.25, 0.3) is 5.91 Å². The topological polar surface area (TPSA) is 105 Å². The van der Waals surface area contributed by atoms with Crippen molar-refractivity contribution < 1.29 is 22.7 Å². The van der Waals surface area contributed by atoms with Crippen molar-refractivity contribution in [3.8, 4) is 5.75 Å². The first kappa shape index (κ1) is 21.6. The van der Waals surface area contributed by atoms with Gasteiger partial charge >= 0.3 is 0 Å². The molecule has 2 aromatic rings. The van der Waals surface area contributed by atoms with Gasteiger partial charge in [-0.05, 0) is 36.6 Å². The molecule has 10 heteroatoms. The molecule has 4 rings (SSSR count). The number of hydrogen-bond donors (Lipinski definition) is 2. The minimum Gasteiger partial charge on any atom is -0.482 e. The van der Waals surface area contributed by atoms with Crippen LogP contribution in [0.5, 0.6) is 5.75 Å². The molecule has 1 saturated heterocycles. The molecule has 2 heterocycles. The number of piperidine rings is 1. The van der Waals surface area contributed by atoms with Gasteiger partial charge in [0, 0.05) is 19.2 Å². The van der Waals surface area contributed by atoms with Crippen molar-refractivity contribution in [2.45, 2.75) is 30.6 Å². The van der Waals surface area contributed by atoms with Crippen LogP contribution in [0, 0.1) is 0 Å². The summed E-state index contributed by atoms with van der Waals surface area (Å²) < 4.78 is 32.3. The van der Waals surface area contributed by atoms with Crippen LogP contribution < -0.4 is 15.4 Å². The molecular formula is C21H22ClN3O5S. The maximum absolute atomic E-state index is 12.7. The molecule has 164 valence electrons. The molecule has 2 amide bonds. The Morgan fingerprint density at radius 2 is 1.84 bits per heavy atom. The first-order chi connectivity index (χ1) is 14.8. The van der Waals surface area contributed by atoms with Gasteiger partial charge in [0.2, 0.25) is 15.9 Å². The number of anilines is 2. The number of halogens is 1. The SMILES string of the molecule is O=C(Cc1ccc(S(=O)(=O)N2CCCCC2)cc1)Nc1cc2c(cc1Cl)NC(=O)CO2. The van der Waals surface area contributed by atoms with E-state index in [9.17, 15) is 18.0 Å². The third-order valence-electron chi connectivity index (χ3n) is 5.22. The molecule has 0 aliphatic carbocycles. The van der Waals surface area contributed by atoms with E-state index >= 15 is 0 Å². The average molecular weight is 464 g/mol. The van der Waals surface area contributed by atoms with Crippen LogP contribution in [0.15, 0.2) is 41.3 Å². The average Bonchev–Trinajstić information content (AvgIpc) is 2.75. The summed E-state index contributed by atoms with van der Waals surface area (Å²) in [6, 6.07) is 9.43. The first-order valence-electron chi connectivity index (χ1n) is 9.98. The monoisotopic (exact) mass is 463 g/mol. The van der Waals surface area contributed by atoms with Gasteiger partial charge in [0.15, 0.2) is 6.61 Å². The van der Waals surface area contributed by atoms with Crippen molar-refractivity contribution in [2.24, 2.45) is 0 Å². The fourth-order valence-corrected chi connectivity index (χ4v) is 5.34. The molecule has 2 aliphatic rings. The maximum Gasteiger partial charge on any atom is 0.262 e. The Hall–Kier alpha value is -2.62. The molecule has 2 N–H and O–H groups in total. The van der Waals surface area contributed by atoms with Crippen LogP contribution in [-0.2, 0) is 26.0 Å². The van der Waals surface area contributed by atoms with Crippen LogP contribution in [0.1, 0.15) is 24.8 Å². The Kier molecular flexibility index (Phi) is 6.17. The Morgan fingerprint density at radius 1 is 1.13 bits per heavy atom. The summed E-state index contributed by atoms with van der Waals surface area (Å²) in [6.07, 6.45) is 2.85. The molecule has 0 radical (unpaired) electrons. The normalized spacial score (nSPS) is 16.7. The second-order valence-corrected chi connectivity index (χ2v) is 9.84. The van der Waals surface area contributed by atoms with Gasteiger partial charge in [-0.2, -0.15) is 4.31 Å². The molecule has 0 bridgehead atoms. The van der Waals surface area contributed by atoms with Crippen molar-refractivity contribution in [1.29, 1.82) is 0 Å². The van der Waals surface area contributed by atoms with E-state index in [1.165, 1.54) is 22.5 Å². The highest BCUT2D eigenvalue weighted by molar-refractivity contribution is 7.89. The maximum atomic E-state index is 12.7. The highest BCUT2D eigenvalue weighted by Crippen LogP contribution is 2.36. The predicted molar refractivity (Wildman–Crippen MR) is 117 cm³/mol. The Morgan fingerprint density at radius 3 is 2.55 bits per heavy atom. The van der Waals surface area contributed by atoms with Crippen LogP contribution in [0.4, 0.5) is 11.4 Å². The molecule has 0 aromatic heterocycles. The first-order valence-corrected chi connectivity index (χ1v) is 11.8. The molecule has 0 unspecified atom stereocenters. The lowest BCUT2D eigenvalue weighted by molar-refractivity contribution is -0.118. The number of carbonyl (C=O) groups is 2. The number of benzene rings is 2. The number of ether oxygens (including phenoxy) is 1. The van der Waals surface area contributed by atoms with Gasteiger partial charge in [-0.3, -0.25) is 9.59 Å². The number of nitrogens with zero attached hydrogens (tertiary/aromatic N) is 1. The zero-order valence-electron chi connectivity index (χ0n) is 16.7. The lowest BCUT2D eigenvalue weighted by Crippen LogP contribution is -2.35. The molecule has 0 saturated carbocycles. The molecule has 1 fully saturated rings. The zero-order chi connectivity index (χ0) is 22.0. The number of rotatable bonds is 5. The van der Waals surface area contributed by atoms with E-state index in [4.69, 9.17) is 16.3 Å². The van der Waals surface area contributed by atoms with Crippen LogP contribution in [-0.4, -0.2) is 44.2 Å². The van der Waals surface area contributed by atoms with E-state index in [1.807, 2.05) is 0 Å². The fourth-order valence-electron chi connectivity index (χ4n) is 3.61. The quantitative estimate of drug-likeness (QED) is 0.709. The molecule has 31 heavy (non-hydrogen) atoms. The molecular weight excluding hydrogens is 442 g/mol. The second-order valence-electron chi connectivity index (χ2n) is 7.50. The van der Waals surface area contributed by atoms with Crippen molar-refractivity contribution in [3.05, 3.63) is 47.0 Å². The number of carbonyl (C=O) groups excluding carboxylic acids is 2. The van der Waals surface area contributed by atoms with E-state index in [-0.39, 0.29) is 34.8 Å². The van der Waals surface area contributed by atoms with Gasteiger partial charge in [0.1, 0.15) is 5.75 Å². The van der Waals surface area contributed by atoms with Crippen LogP contribution in [0.25, 0.3) is 0 Å². The van der Waals surface area contributed by atoms with Gasteiger partial charge < -0.3 is 15.4 Å². The standard InChI is InChI=1S/C21H22ClN3O5S/c22-16-11-18-19(30-13-21(27)24-18)12-17(16)23-20(26)10-14-4-6-15(7-5-14)31(28,29)25-8-2-1-3-9-25/h4-7,11-12H,1-3,8-10,13H2,(H,23,26)(H,24,27). The van der Waals surface area contributed by atoms with E-state index in [0.717, 1.165) is 19.3 Å². The Balaban J connectivity index is 1.42. The van der Waals surface area contributed by atoms with E-state index in [0.29, 0.717) is 35.8 Å². The molecule has 0 spiro atoms. The van der Waals surface area contributed by atoms with E-state index in [2.05, 4.69) is 10.6 Å². The largest absolute Gasteiger partial charge is 0.482 e. The van der Waals surface area contributed by atoms with Crippen molar-refractivity contribution >= 4 is 44.8 Å². The number of amides is 2. The molecule has 2 aliphatic heterocycles. The zero-order valence-corrected chi connectivity index (χ0v) is 18.3. The third kappa shape index (κ3) is 4.84. The highest BCUT2D eigenvalue weighted by atomic mass is 35.5. The summed E-state index contributed by atoms with van der Waals surface area (Å²) in [5.41, 5.74) is 1.49. The summed E-state index contributed by atoms with van der Waals surface area (Å²) in [4.78, 5) is 24.1. The summed E-state index contributed by atoms with van der Waals surface area (Å²) in [7, 11) is -3.50. The number of sulfonamides is 1. The van der Waals surface area contributed by atoms with Crippen LogP contribution >= 0.6 is 11.6 Å². The van der Waals surface area contributed by atoms with Crippen LogP contribution in [0.2, 0.25) is 5.02 Å². The minimum atomic E-state index is -3.50. The Bertz CT molecular complexity index is 1110. The second kappa shape index (κ2) is 8.86. The molecule has 2 aromatic carbocycles. The lowest BCUT2D eigenvalue weighted by Gasteiger charge is -2.25. The van der Waals surface area contributed by atoms with Gasteiger partial charge in [-0.15, -0.1) is 0 Å². The summed E-state index contributed by atoms with van der Waals surface area (Å²) >= 11 is 6.21. The molecule has 0 atom stereocenters. The molecule has 8 nitrogen and oxygen atoms in total. The van der Waals surface area contributed by atoms with Crippen LogP contribution in [0.3, 0.4) is 0 Å². The van der Waals surface area contributed by atoms with Gasteiger partial charge in [-0.1, -0.05) is 30.2 Å². The summed E-state index contributed by atoms with van der Waals surface area (Å²) in [5, 5.41) is 5.64. The predicted octanol–water partition coefficient (Wildman–Crippen LogP) is 3.03. The minimum absolute atomic E-state index is 0.0506. The Labute approximate surface area is 185 Å². The van der Waals surface area contributed by atoms with Crippen molar-refractivity contribution in [3.63, 3.8) is 0 Å². The summed E-state index contributed by atoms with van der Waals surface area (Å²) in [5.74, 6) is -0.161. The number of fused-ring (bicyclic) bond motifs is 1. The number of hydrogen-bond acceptors (Lipinski definition) is 5. The van der Waals surface area contributed by atoms with Gasteiger partial charge in [0.05, 0.1) is 27.7 Å². The van der Waals surface area contributed by atoms with Crippen molar-refractivity contribution in [1.82, 2.24) is 4.31 Å². The highest BCUT2D eigenvalue weighted by Gasteiger charge is 2.26. The smallest absolute Gasteiger partial charge is 0.262 e. The lowest BCUT2D eigenvalue weighted by atomic mass is 10.1. The van der Waals surface area contributed by atoms with E-state index in [1.54, 1.807) is 18.2 Å². The third-order valence-corrected chi connectivity index (χ3v) is 7.44. The van der Waals surface area contributed by atoms with Crippen molar-refractivity contribution in [2.75, 3.05) is 30.3 Å². The van der Waals surface area contributed by atoms with E-state index < -0.39 is 10.0 Å².